The Bertz CT molecular complexity index is 686. The maximum Gasteiger partial charge on any atom is 0.225 e. The molecule has 148 valence electrons. The molecule has 1 aromatic rings. The van der Waals surface area contributed by atoms with Gasteiger partial charge in [-0.25, -0.2) is 0 Å². The summed E-state index contributed by atoms with van der Waals surface area (Å²) in [6.07, 6.45) is 7.07. The van der Waals surface area contributed by atoms with Crippen molar-refractivity contribution in [2.45, 2.75) is 51.6 Å². The molecule has 1 atom stereocenters. The first kappa shape index (κ1) is 21.5. The lowest BCUT2D eigenvalue weighted by Gasteiger charge is -2.38. The zero-order valence-corrected chi connectivity index (χ0v) is 17.0. The predicted molar refractivity (Wildman–Crippen MR) is 110 cm³/mol. The summed E-state index contributed by atoms with van der Waals surface area (Å²) in [4.78, 5) is 29.1. The van der Waals surface area contributed by atoms with Gasteiger partial charge in [0.2, 0.25) is 11.8 Å². The van der Waals surface area contributed by atoms with Crippen LogP contribution in [0.2, 0.25) is 0 Å². The van der Waals surface area contributed by atoms with Crippen LogP contribution in [0.5, 0.6) is 0 Å². The molecule has 2 amide bonds. The van der Waals surface area contributed by atoms with Crippen molar-refractivity contribution in [1.29, 1.82) is 0 Å². The van der Waals surface area contributed by atoms with E-state index in [2.05, 4.69) is 17.1 Å². The Hall–Kier alpha value is -1.85. The van der Waals surface area contributed by atoms with Gasteiger partial charge in [0.1, 0.15) is 0 Å². The Kier molecular flexibility index (Phi) is 7.87. The fraction of sp³-hybridized carbons (Fsp3) is 0.524. The van der Waals surface area contributed by atoms with Gasteiger partial charge in [-0.15, -0.1) is 12.4 Å². The highest BCUT2D eigenvalue weighted by molar-refractivity contribution is 5.85. The van der Waals surface area contributed by atoms with Crippen LogP contribution in [0, 0.1) is 0 Å². The average molecular weight is 392 g/mol. The summed E-state index contributed by atoms with van der Waals surface area (Å²) in [5.74, 6) is 0.123. The van der Waals surface area contributed by atoms with E-state index in [9.17, 15) is 9.59 Å². The summed E-state index contributed by atoms with van der Waals surface area (Å²) in [5.41, 5.74) is 2.15. The Morgan fingerprint density at radius 3 is 2.59 bits per heavy atom. The summed E-state index contributed by atoms with van der Waals surface area (Å²) >= 11 is 0. The van der Waals surface area contributed by atoms with E-state index < -0.39 is 0 Å². The number of nitrogens with zero attached hydrogens (tertiary/aromatic N) is 2. The average Bonchev–Trinajstić information content (AvgIpc) is 2.66. The third-order valence-corrected chi connectivity index (χ3v) is 5.37. The lowest BCUT2D eigenvalue weighted by Crippen LogP contribution is -2.47. The van der Waals surface area contributed by atoms with Gasteiger partial charge < -0.3 is 15.1 Å². The van der Waals surface area contributed by atoms with Crippen LogP contribution in [0.3, 0.4) is 0 Å². The maximum absolute atomic E-state index is 13.2. The Balaban J connectivity index is 0.00000261. The molecule has 0 saturated carbocycles. The van der Waals surface area contributed by atoms with E-state index >= 15 is 0 Å². The van der Waals surface area contributed by atoms with E-state index in [1.807, 2.05) is 36.5 Å². The topological polar surface area (TPSA) is 52.7 Å². The SMILES string of the molecule is CCCN(C(=O)CC1c2ccccc2C=CN1C(C)=O)C1CCNCC1.Cl. The van der Waals surface area contributed by atoms with Crippen molar-refractivity contribution >= 4 is 30.3 Å². The van der Waals surface area contributed by atoms with E-state index in [0.29, 0.717) is 12.5 Å². The molecule has 1 aromatic carbocycles. The monoisotopic (exact) mass is 391 g/mol. The molecule has 6 heteroatoms. The van der Waals surface area contributed by atoms with Crippen molar-refractivity contribution < 1.29 is 9.59 Å². The van der Waals surface area contributed by atoms with E-state index in [1.54, 1.807) is 11.8 Å². The summed E-state index contributed by atoms with van der Waals surface area (Å²) < 4.78 is 0. The molecule has 3 rings (SSSR count). The van der Waals surface area contributed by atoms with Crippen LogP contribution in [0.1, 0.15) is 56.7 Å². The van der Waals surface area contributed by atoms with Crippen molar-refractivity contribution in [1.82, 2.24) is 15.1 Å². The van der Waals surface area contributed by atoms with Gasteiger partial charge in [0, 0.05) is 25.7 Å². The first-order valence-electron chi connectivity index (χ1n) is 9.68. The second-order valence-corrected chi connectivity index (χ2v) is 7.16. The van der Waals surface area contributed by atoms with Gasteiger partial charge in [0.15, 0.2) is 0 Å². The lowest BCUT2D eigenvalue weighted by atomic mass is 9.93. The minimum atomic E-state index is -0.220. The first-order valence-corrected chi connectivity index (χ1v) is 9.68. The van der Waals surface area contributed by atoms with Crippen molar-refractivity contribution in [2.75, 3.05) is 19.6 Å². The predicted octanol–water partition coefficient (Wildman–Crippen LogP) is 3.36. The largest absolute Gasteiger partial charge is 0.340 e. The molecule has 0 spiro atoms. The number of nitrogens with one attached hydrogen (secondary N) is 1. The molecule has 27 heavy (non-hydrogen) atoms. The van der Waals surface area contributed by atoms with Crippen LogP contribution in [0.25, 0.3) is 6.08 Å². The Morgan fingerprint density at radius 1 is 1.22 bits per heavy atom. The van der Waals surface area contributed by atoms with E-state index in [-0.39, 0.29) is 30.3 Å². The fourth-order valence-corrected chi connectivity index (χ4v) is 4.07. The molecular formula is C21H30ClN3O2. The lowest BCUT2D eigenvalue weighted by molar-refractivity contribution is -0.137. The molecule has 0 radical (unpaired) electrons. The molecule has 1 unspecified atom stereocenters. The first-order chi connectivity index (χ1) is 12.6. The van der Waals surface area contributed by atoms with Crippen molar-refractivity contribution in [3.8, 4) is 0 Å². The van der Waals surface area contributed by atoms with Crippen LogP contribution in [0.4, 0.5) is 0 Å². The van der Waals surface area contributed by atoms with Gasteiger partial charge in [-0.3, -0.25) is 9.59 Å². The van der Waals surface area contributed by atoms with E-state index in [4.69, 9.17) is 0 Å². The van der Waals surface area contributed by atoms with Crippen molar-refractivity contribution in [3.05, 3.63) is 41.6 Å². The molecule has 0 aromatic heterocycles. The van der Waals surface area contributed by atoms with Crippen molar-refractivity contribution in [3.63, 3.8) is 0 Å². The number of hydrogen-bond acceptors (Lipinski definition) is 3. The number of fused-ring (bicyclic) bond motifs is 1. The molecule has 2 heterocycles. The summed E-state index contributed by atoms with van der Waals surface area (Å²) in [6, 6.07) is 8.12. The van der Waals surface area contributed by atoms with Gasteiger partial charge in [-0.2, -0.15) is 0 Å². The standard InChI is InChI=1S/C21H29N3O2.ClH/c1-3-13-24(18-8-11-22-12-9-18)21(26)15-20-19-7-5-4-6-17(19)10-14-23(20)16(2)25;/h4-7,10,14,18,20,22H,3,8-9,11-13,15H2,1-2H3;1H. The Morgan fingerprint density at radius 2 is 1.93 bits per heavy atom. The summed E-state index contributed by atoms with van der Waals surface area (Å²) in [6.45, 7) is 6.39. The summed E-state index contributed by atoms with van der Waals surface area (Å²) in [7, 11) is 0. The molecule has 2 aliphatic heterocycles. The third-order valence-electron chi connectivity index (χ3n) is 5.37. The van der Waals surface area contributed by atoms with Crippen LogP contribution >= 0.6 is 12.4 Å². The fourth-order valence-electron chi connectivity index (χ4n) is 4.07. The van der Waals surface area contributed by atoms with Crippen LogP contribution < -0.4 is 5.32 Å². The highest BCUT2D eigenvalue weighted by Gasteiger charge is 2.32. The van der Waals surface area contributed by atoms with Crippen molar-refractivity contribution in [2.24, 2.45) is 0 Å². The van der Waals surface area contributed by atoms with Crippen LogP contribution in [-0.2, 0) is 9.59 Å². The number of piperidine rings is 1. The number of carbonyl (C=O) groups is 2. The third kappa shape index (κ3) is 4.90. The van der Waals surface area contributed by atoms with Gasteiger partial charge >= 0.3 is 0 Å². The number of benzene rings is 1. The van der Waals surface area contributed by atoms with Crippen LogP contribution in [-0.4, -0.2) is 47.3 Å². The molecule has 1 fully saturated rings. The number of rotatable bonds is 5. The van der Waals surface area contributed by atoms with E-state index in [1.165, 1.54) is 0 Å². The molecule has 0 bridgehead atoms. The minimum Gasteiger partial charge on any atom is -0.340 e. The van der Waals surface area contributed by atoms with Crippen LogP contribution in [0.15, 0.2) is 30.5 Å². The normalized spacial score (nSPS) is 19.2. The summed E-state index contributed by atoms with van der Waals surface area (Å²) in [5, 5.41) is 3.37. The number of hydrogen-bond donors (Lipinski definition) is 1. The van der Waals surface area contributed by atoms with E-state index in [0.717, 1.165) is 50.0 Å². The molecule has 1 saturated heterocycles. The molecular weight excluding hydrogens is 362 g/mol. The number of halogens is 1. The Labute approximate surface area is 168 Å². The quantitative estimate of drug-likeness (QED) is 0.837. The van der Waals surface area contributed by atoms with Gasteiger partial charge in [-0.05, 0) is 49.6 Å². The van der Waals surface area contributed by atoms with Gasteiger partial charge in [0.25, 0.3) is 0 Å². The highest BCUT2D eigenvalue weighted by Crippen LogP contribution is 2.33. The zero-order chi connectivity index (χ0) is 18.5. The number of amides is 2. The smallest absolute Gasteiger partial charge is 0.225 e. The number of carbonyl (C=O) groups excluding carboxylic acids is 2. The second kappa shape index (κ2) is 9.90. The molecule has 2 aliphatic rings. The molecule has 5 nitrogen and oxygen atoms in total. The zero-order valence-electron chi connectivity index (χ0n) is 16.2. The molecule has 1 N–H and O–H groups in total. The minimum absolute atomic E-state index is 0. The highest BCUT2D eigenvalue weighted by atomic mass is 35.5. The van der Waals surface area contributed by atoms with Gasteiger partial charge in [0.05, 0.1) is 12.5 Å². The van der Waals surface area contributed by atoms with Gasteiger partial charge in [-0.1, -0.05) is 31.2 Å². The second-order valence-electron chi connectivity index (χ2n) is 7.16. The molecule has 0 aliphatic carbocycles. The maximum atomic E-state index is 13.2.